The molecule has 2 unspecified atom stereocenters. The van der Waals surface area contributed by atoms with Gasteiger partial charge in [0.05, 0.1) is 13.2 Å². The highest BCUT2D eigenvalue weighted by Crippen LogP contribution is 2.34. The average Bonchev–Trinajstić information content (AvgIpc) is 3.20. The van der Waals surface area contributed by atoms with Gasteiger partial charge in [0, 0.05) is 34.7 Å². The van der Waals surface area contributed by atoms with Gasteiger partial charge in [-0.15, -0.1) is 0 Å². The average molecular weight is 467 g/mol. The van der Waals surface area contributed by atoms with E-state index in [0.717, 1.165) is 16.0 Å². The lowest BCUT2D eigenvalue weighted by Gasteiger charge is -2.29. The third-order valence-electron chi connectivity index (χ3n) is 6.01. The number of hydrogen-bond acceptors (Lipinski definition) is 6. The minimum atomic E-state index is -2.55. The molecule has 3 aliphatic rings. The molecule has 1 N–H and O–H groups in total. The first kappa shape index (κ1) is 18.7. The molecule has 4 amide bonds. The standard InChI is InChI=1S/C25H25N3O6/c29-22-9-8-20(24(31)26-22)28-13-19-18(25(28)32)2-1-3-21(19)34-14-17-6-4-16(5-7-17)12-27-10-11-33-15-23(27)30/h1-7,20H,8-15H2,(H,26,29,31)/i8D2,9D. The summed E-state index contributed by atoms with van der Waals surface area (Å²) in [6.07, 6.45) is -4.39. The third-order valence-corrected chi connectivity index (χ3v) is 6.01. The maximum absolute atomic E-state index is 13.1. The van der Waals surface area contributed by atoms with Gasteiger partial charge in [-0.1, -0.05) is 30.3 Å². The Bertz CT molecular complexity index is 1270. The van der Waals surface area contributed by atoms with Gasteiger partial charge in [0.25, 0.3) is 5.91 Å². The molecular weight excluding hydrogens is 438 g/mol. The van der Waals surface area contributed by atoms with E-state index < -0.39 is 36.5 Å². The smallest absolute Gasteiger partial charge is 0.255 e. The Morgan fingerprint density at radius 2 is 1.88 bits per heavy atom. The van der Waals surface area contributed by atoms with Crippen molar-refractivity contribution in [2.75, 3.05) is 19.8 Å². The van der Waals surface area contributed by atoms with Crippen molar-refractivity contribution in [1.82, 2.24) is 15.1 Å². The minimum Gasteiger partial charge on any atom is -0.489 e. The van der Waals surface area contributed by atoms with Crippen LogP contribution in [0.15, 0.2) is 42.5 Å². The molecule has 0 aromatic heterocycles. The van der Waals surface area contributed by atoms with Crippen molar-refractivity contribution in [2.45, 2.75) is 38.5 Å². The number of rotatable bonds is 6. The summed E-state index contributed by atoms with van der Waals surface area (Å²) >= 11 is 0. The summed E-state index contributed by atoms with van der Waals surface area (Å²) in [5.41, 5.74) is 2.64. The number of nitrogens with zero attached hydrogens (tertiary/aromatic N) is 2. The van der Waals surface area contributed by atoms with Crippen LogP contribution in [0, 0.1) is 0 Å². The molecule has 0 saturated carbocycles. The van der Waals surface area contributed by atoms with Gasteiger partial charge in [0.15, 0.2) is 0 Å². The maximum Gasteiger partial charge on any atom is 0.255 e. The fourth-order valence-corrected chi connectivity index (χ4v) is 4.20. The fraction of sp³-hybridized carbons (Fsp3) is 0.360. The quantitative estimate of drug-likeness (QED) is 0.645. The van der Waals surface area contributed by atoms with Crippen LogP contribution in [-0.2, 0) is 38.8 Å². The van der Waals surface area contributed by atoms with Crippen LogP contribution in [0.4, 0.5) is 0 Å². The molecule has 2 atom stereocenters. The highest BCUT2D eigenvalue weighted by molar-refractivity contribution is 6.05. The van der Waals surface area contributed by atoms with Gasteiger partial charge in [-0.05, 0) is 29.6 Å². The molecule has 2 aromatic rings. The minimum absolute atomic E-state index is 0.0381. The zero-order chi connectivity index (χ0) is 26.3. The molecule has 0 bridgehead atoms. The van der Waals surface area contributed by atoms with Crippen molar-refractivity contribution in [3.05, 3.63) is 64.7 Å². The molecule has 2 aromatic carbocycles. The number of piperidine rings is 1. The van der Waals surface area contributed by atoms with Crippen LogP contribution >= 0.6 is 0 Å². The molecule has 0 spiro atoms. The molecule has 2 fully saturated rings. The summed E-state index contributed by atoms with van der Waals surface area (Å²) in [4.78, 5) is 52.1. The summed E-state index contributed by atoms with van der Waals surface area (Å²) < 4.78 is 35.4. The molecule has 0 aliphatic carbocycles. The Balaban J connectivity index is 1.28. The fourth-order valence-electron chi connectivity index (χ4n) is 4.20. The lowest BCUT2D eigenvalue weighted by Crippen LogP contribution is -2.52. The normalized spacial score (nSPS) is 25.4. The molecule has 0 radical (unpaired) electrons. The second-order valence-corrected chi connectivity index (χ2v) is 8.26. The summed E-state index contributed by atoms with van der Waals surface area (Å²) in [6.45, 7) is 1.80. The van der Waals surface area contributed by atoms with Gasteiger partial charge in [-0.2, -0.15) is 0 Å². The highest BCUT2D eigenvalue weighted by Gasteiger charge is 2.40. The number of benzene rings is 2. The Morgan fingerprint density at radius 1 is 1.09 bits per heavy atom. The maximum atomic E-state index is 13.1. The van der Waals surface area contributed by atoms with E-state index in [1.165, 1.54) is 0 Å². The molecule has 3 heterocycles. The lowest BCUT2D eigenvalue weighted by atomic mass is 10.0. The Labute approximate surface area is 200 Å². The van der Waals surface area contributed by atoms with E-state index in [1.54, 1.807) is 23.1 Å². The van der Waals surface area contributed by atoms with Crippen molar-refractivity contribution in [1.29, 1.82) is 0 Å². The molecule has 2 saturated heterocycles. The van der Waals surface area contributed by atoms with Crippen LogP contribution in [-0.4, -0.2) is 59.2 Å². The monoisotopic (exact) mass is 466 g/mol. The van der Waals surface area contributed by atoms with Gasteiger partial charge in [0.2, 0.25) is 17.7 Å². The zero-order valence-corrected chi connectivity index (χ0v) is 18.3. The number of fused-ring (bicyclic) bond motifs is 1. The van der Waals surface area contributed by atoms with E-state index in [4.69, 9.17) is 13.6 Å². The number of imide groups is 1. The Morgan fingerprint density at radius 3 is 2.68 bits per heavy atom. The second-order valence-electron chi connectivity index (χ2n) is 8.26. The van der Waals surface area contributed by atoms with Crippen molar-refractivity contribution in [2.24, 2.45) is 0 Å². The summed E-state index contributed by atoms with van der Waals surface area (Å²) in [5, 5.41) is 1.99. The predicted molar refractivity (Wildman–Crippen MR) is 119 cm³/mol. The molecule has 34 heavy (non-hydrogen) atoms. The predicted octanol–water partition coefficient (Wildman–Crippen LogP) is 1.39. The largest absolute Gasteiger partial charge is 0.489 e. The number of ether oxygens (including phenoxy) is 2. The molecule has 9 nitrogen and oxygen atoms in total. The zero-order valence-electron chi connectivity index (χ0n) is 21.3. The van der Waals surface area contributed by atoms with Crippen LogP contribution < -0.4 is 10.1 Å². The first-order valence-corrected chi connectivity index (χ1v) is 10.9. The number of amides is 4. The number of carbonyl (C=O) groups is 4. The van der Waals surface area contributed by atoms with Gasteiger partial charge in [-0.3, -0.25) is 24.5 Å². The van der Waals surface area contributed by atoms with E-state index in [0.29, 0.717) is 31.0 Å². The number of hydrogen-bond donors (Lipinski definition) is 1. The summed E-state index contributed by atoms with van der Waals surface area (Å²) in [6, 6.07) is 10.9. The van der Waals surface area contributed by atoms with Crippen LogP contribution in [0.5, 0.6) is 5.75 Å². The first-order chi connectivity index (χ1) is 17.7. The van der Waals surface area contributed by atoms with Crippen LogP contribution in [0.3, 0.4) is 0 Å². The van der Waals surface area contributed by atoms with E-state index in [2.05, 4.69) is 0 Å². The molecule has 3 aliphatic heterocycles. The first-order valence-electron chi connectivity index (χ1n) is 12.5. The van der Waals surface area contributed by atoms with Crippen molar-refractivity contribution < 1.29 is 32.8 Å². The van der Waals surface area contributed by atoms with E-state index >= 15 is 0 Å². The topological polar surface area (TPSA) is 105 Å². The lowest BCUT2D eigenvalue weighted by molar-refractivity contribution is -0.143. The molecule has 9 heteroatoms. The molecule has 5 rings (SSSR count). The van der Waals surface area contributed by atoms with Crippen LogP contribution in [0.25, 0.3) is 0 Å². The number of morpholine rings is 1. The summed E-state index contributed by atoms with van der Waals surface area (Å²) in [5.74, 6) is -2.15. The van der Waals surface area contributed by atoms with E-state index in [1.807, 2.05) is 29.6 Å². The highest BCUT2D eigenvalue weighted by atomic mass is 16.5. The van der Waals surface area contributed by atoms with Crippen molar-refractivity contribution in [3.8, 4) is 5.75 Å². The molecule has 176 valence electrons. The van der Waals surface area contributed by atoms with Crippen molar-refractivity contribution >= 4 is 23.6 Å². The number of nitrogens with one attached hydrogen (secondary N) is 1. The van der Waals surface area contributed by atoms with Crippen LogP contribution in [0.2, 0.25) is 0 Å². The Kier molecular flexibility index (Phi) is 5.09. The Hall–Kier alpha value is -3.72. The van der Waals surface area contributed by atoms with Gasteiger partial charge in [-0.25, -0.2) is 0 Å². The van der Waals surface area contributed by atoms with Gasteiger partial charge >= 0.3 is 0 Å². The second kappa shape index (κ2) is 9.26. The number of carbonyl (C=O) groups excluding carboxylic acids is 4. The van der Waals surface area contributed by atoms with Crippen molar-refractivity contribution in [3.63, 3.8) is 0 Å². The molecular formula is C25H25N3O6. The van der Waals surface area contributed by atoms with E-state index in [9.17, 15) is 19.2 Å². The van der Waals surface area contributed by atoms with Gasteiger partial charge < -0.3 is 19.3 Å². The summed E-state index contributed by atoms with van der Waals surface area (Å²) in [7, 11) is 0. The van der Waals surface area contributed by atoms with Gasteiger partial charge in [0.1, 0.15) is 25.0 Å². The third kappa shape index (κ3) is 4.38. The van der Waals surface area contributed by atoms with Crippen LogP contribution in [0.1, 0.15) is 43.9 Å². The van der Waals surface area contributed by atoms with E-state index in [-0.39, 0.29) is 31.2 Å². The SMILES string of the molecule is [2H]C1C(=O)NC(=O)C(N2Cc3c(OCc4ccc(CN5CCOCC5=O)cc4)cccc3C2=O)C1([2H])[2H].